The van der Waals surface area contributed by atoms with Crippen LogP contribution in [0.1, 0.15) is 36.7 Å². The van der Waals surface area contributed by atoms with E-state index in [1.165, 1.54) is 6.07 Å². The van der Waals surface area contributed by atoms with Crippen molar-refractivity contribution in [1.82, 2.24) is 0 Å². The largest absolute Gasteiger partial charge is 0.462 e. The third kappa shape index (κ3) is 5.57. The first-order chi connectivity index (χ1) is 13.9. The standard InChI is InChI=1S/C22H27N3O4/c1-5-25(6-2)16-12-13-18(15(4)14-16)23-20(26)21(27)24-19-11-9-8-10-17(19)22(28)29-7-3/h8-14H,5-7H2,1-4H3,(H,23,26)(H,24,27). The number of rotatable bonds is 7. The summed E-state index contributed by atoms with van der Waals surface area (Å²) in [6.07, 6.45) is 0. The number of hydrogen-bond acceptors (Lipinski definition) is 5. The van der Waals surface area contributed by atoms with Crippen LogP contribution in [0.2, 0.25) is 0 Å². The van der Waals surface area contributed by atoms with Crippen molar-refractivity contribution < 1.29 is 19.1 Å². The SMILES string of the molecule is CCOC(=O)c1ccccc1NC(=O)C(=O)Nc1ccc(N(CC)CC)cc1C. The van der Waals surface area contributed by atoms with E-state index in [1.54, 1.807) is 31.2 Å². The zero-order chi connectivity index (χ0) is 21.4. The minimum absolute atomic E-state index is 0.190. The van der Waals surface area contributed by atoms with Crippen LogP contribution in [0, 0.1) is 6.92 Å². The van der Waals surface area contributed by atoms with E-state index in [-0.39, 0.29) is 17.9 Å². The molecule has 2 N–H and O–H groups in total. The van der Waals surface area contributed by atoms with Crippen molar-refractivity contribution in [2.45, 2.75) is 27.7 Å². The molecule has 7 heteroatoms. The summed E-state index contributed by atoms with van der Waals surface area (Å²) in [5.74, 6) is -2.25. The Morgan fingerprint density at radius 2 is 1.52 bits per heavy atom. The lowest BCUT2D eigenvalue weighted by molar-refractivity contribution is -0.133. The maximum atomic E-state index is 12.4. The highest BCUT2D eigenvalue weighted by molar-refractivity contribution is 6.44. The van der Waals surface area contributed by atoms with Gasteiger partial charge in [-0.25, -0.2) is 4.79 Å². The minimum atomic E-state index is -0.867. The molecule has 2 rings (SSSR count). The lowest BCUT2D eigenvalue weighted by Crippen LogP contribution is -2.30. The van der Waals surface area contributed by atoms with Gasteiger partial charge < -0.3 is 20.3 Å². The van der Waals surface area contributed by atoms with Crippen LogP contribution < -0.4 is 15.5 Å². The molecule has 0 saturated carbocycles. The van der Waals surface area contributed by atoms with Gasteiger partial charge in [-0.15, -0.1) is 0 Å². The summed E-state index contributed by atoms with van der Waals surface area (Å²) in [7, 11) is 0. The quantitative estimate of drug-likeness (QED) is 0.551. The van der Waals surface area contributed by atoms with Crippen molar-refractivity contribution in [2.75, 3.05) is 35.2 Å². The third-order valence-corrected chi connectivity index (χ3v) is 4.46. The van der Waals surface area contributed by atoms with E-state index in [9.17, 15) is 14.4 Å². The fourth-order valence-corrected chi connectivity index (χ4v) is 2.91. The van der Waals surface area contributed by atoms with Gasteiger partial charge in [0.2, 0.25) is 0 Å². The third-order valence-electron chi connectivity index (χ3n) is 4.46. The summed E-state index contributed by atoms with van der Waals surface area (Å²) in [5.41, 5.74) is 2.87. The van der Waals surface area contributed by atoms with Gasteiger partial charge in [-0.3, -0.25) is 9.59 Å². The van der Waals surface area contributed by atoms with Crippen molar-refractivity contribution >= 4 is 34.8 Å². The van der Waals surface area contributed by atoms with Crippen LogP contribution in [0.5, 0.6) is 0 Å². The highest BCUT2D eigenvalue weighted by atomic mass is 16.5. The molecular weight excluding hydrogens is 370 g/mol. The molecule has 0 unspecified atom stereocenters. The summed E-state index contributed by atoms with van der Waals surface area (Å²) in [6, 6.07) is 12.0. The average molecular weight is 397 g/mol. The molecule has 0 heterocycles. The highest BCUT2D eigenvalue weighted by Crippen LogP contribution is 2.23. The first-order valence-electron chi connectivity index (χ1n) is 9.65. The van der Waals surface area contributed by atoms with Crippen LogP contribution in [-0.2, 0) is 14.3 Å². The van der Waals surface area contributed by atoms with E-state index in [0.717, 1.165) is 24.3 Å². The van der Waals surface area contributed by atoms with Gasteiger partial charge in [0, 0.05) is 24.5 Å². The number of amides is 2. The van der Waals surface area contributed by atoms with Gasteiger partial charge in [-0.05, 0) is 63.6 Å². The molecule has 0 bridgehead atoms. The Balaban J connectivity index is 2.11. The lowest BCUT2D eigenvalue weighted by atomic mass is 10.1. The number of carbonyl (C=O) groups is 3. The van der Waals surface area contributed by atoms with Crippen LogP contribution in [0.15, 0.2) is 42.5 Å². The molecule has 2 aromatic carbocycles. The van der Waals surface area contributed by atoms with E-state index in [4.69, 9.17) is 4.74 Å². The van der Waals surface area contributed by atoms with Crippen LogP contribution in [0.4, 0.5) is 17.1 Å². The van der Waals surface area contributed by atoms with Crippen molar-refractivity contribution in [2.24, 2.45) is 0 Å². The first kappa shape index (κ1) is 21.9. The van der Waals surface area contributed by atoms with Crippen molar-refractivity contribution in [3.8, 4) is 0 Å². The molecule has 0 aliphatic rings. The summed E-state index contributed by atoms with van der Waals surface area (Å²) in [4.78, 5) is 38.9. The highest BCUT2D eigenvalue weighted by Gasteiger charge is 2.19. The van der Waals surface area contributed by atoms with Crippen LogP contribution >= 0.6 is 0 Å². The van der Waals surface area contributed by atoms with Crippen LogP contribution in [0.3, 0.4) is 0 Å². The van der Waals surface area contributed by atoms with E-state index in [1.807, 2.05) is 19.1 Å². The zero-order valence-electron chi connectivity index (χ0n) is 17.2. The molecule has 2 aromatic rings. The second-order valence-corrected chi connectivity index (χ2v) is 6.35. The molecule has 0 fully saturated rings. The molecule has 0 radical (unpaired) electrons. The number of nitrogens with zero attached hydrogens (tertiary/aromatic N) is 1. The van der Waals surface area contributed by atoms with Gasteiger partial charge in [0.1, 0.15) is 0 Å². The number of nitrogens with one attached hydrogen (secondary N) is 2. The normalized spacial score (nSPS) is 10.2. The molecule has 154 valence electrons. The second-order valence-electron chi connectivity index (χ2n) is 6.35. The van der Waals surface area contributed by atoms with E-state index in [2.05, 4.69) is 29.4 Å². The molecule has 0 aliphatic carbocycles. The Hall–Kier alpha value is -3.35. The number of carbonyl (C=O) groups excluding carboxylic acids is 3. The molecule has 0 aliphatic heterocycles. The Morgan fingerprint density at radius 1 is 0.897 bits per heavy atom. The van der Waals surface area contributed by atoms with Gasteiger partial charge in [0.25, 0.3) is 0 Å². The summed E-state index contributed by atoms with van der Waals surface area (Å²) >= 11 is 0. The first-order valence-corrected chi connectivity index (χ1v) is 9.65. The Labute approximate surface area is 171 Å². The van der Waals surface area contributed by atoms with E-state index < -0.39 is 17.8 Å². The summed E-state index contributed by atoms with van der Waals surface area (Å²) in [6.45, 7) is 9.69. The Morgan fingerprint density at radius 3 is 2.10 bits per heavy atom. The number of para-hydroxylation sites is 1. The molecule has 0 spiro atoms. The van der Waals surface area contributed by atoms with Crippen molar-refractivity contribution in [3.63, 3.8) is 0 Å². The van der Waals surface area contributed by atoms with Crippen molar-refractivity contribution in [3.05, 3.63) is 53.6 Å². The zero-order valence-corrected chi connectivity index (χ0v) is 17.2. The number of ether oxygens (including phenoxy) is 1. The fraction of sp³-hybridized carbons (Fsp3) is 0.318. The Bertz CT molecular complexity index is 891. The smallest absolute Gasteiger partial charge is 0.340 e. The minimum Gasteiger partial charge on any atom is -0.462 e. The van der Waals surface area contributed by atoms with Gasteiger partial charge in [0.15, 0.2) is 0 Å². The van der Waals surface area contributed by atoms with Gasteiger partial charge in [-0.1, -0.05) is 12.1 Å². The maximum absolute atomic E-state index is 12.4. The molecule has 0 aromatic heterocycles. The van der Waals surface area contributed by atoms with Crippen LogP contribution in [-0.4, -0.2) is 37.5 Å². The van der Waals surface area contributed by atoms with Gasteiger partial charge >= 0.3 is 17.8 Å². The van der Waals surface area contributed by atoms with E-state index in [0.29, 0.717) is 5.69 Å². The molecule has 7 nitrogen and oxygen atoms in total. The molecule has 0 saturated heterocycles. The summed E-state index contributed by atoms with van der Waals surface area (Å²) in [5, 5.41) is 5.10. The molecule has 0 atom stereocenters. The lowest BCUT2D eigenvalue weighted by Gasteiger charge is -2.22. The molecule has 2 amide bonds. The second kappa shape index (κ2) is 10.3. The van der Waals surface area contributed by atoms with E-state index >= 15 is 0 Å². The molecular formula is C22H27N3O4. The van der Waals surface area contributed by atoms with Gasteiger partial charge in [-0.2, -0.15) is 0 Å². The number of esters is 1. The van der Waals surface area contributed by atoms with Crippen molar-refractivity contribution in [1.29, 1.82) is 0 Å². The average Bonchev–Trinajstić information content (AvgIpc) is 2.71. The number of anilines is 3. The summed E-state index contributed by atoms with van der Waals surface area (Å²) < 4.78 is 4.98. The fourth-order valence-electron chi connectivity index (χ4n) is 2.91. The van der Waals surface area contributed by atoms with Gasteiger partial charge in [0.05, 0.1) is 17.9 Å². The predicted molar refractivity (Wildman–Crippen MR) is 114 cm³/mol. The predicted octanol–water partition coefficient (Wildman–Crippen LogP) is 3.60. The monoisotopic (exact) mass is 397 g/mol. The molecule has 29 heavy (non-hydrogen) atoms. The Kier molecular flexibility index (Phi) is 7.77. The maximum Gasteiger partial charge on any atom is 0.340 e. The number of aryl methyl sites for hydroxylation is 1. The van der Waals surface area contributed by atoms with Crippen LogP contribution in [0.25, 0.3) is 0 Å². The topological polar surface area (TPSA) is 87.7 Å². The number of hydrogen-bond donors (Lipinski definition) is 2. The number of benzene rings is 2.